The van der Waals surface area contributed by atoms with Crippen molar-refractivity contribution in [1.82, 2.24) is 4.90 Å². The number of fused-ring (bicyclic) bond motifs is 1. The molecule has 3 fully saturated rings. The Morgan fingerprint density at radius 2 is 2.07 bits per heavy atom. The summed E-state index contributed by atoms with van der Waals surface area (Å²) in [4.78, 5) is 13.9. The maximum absolute atomic E-state index is 12.0. The van der Waals surface area contributed by atoms with Crippen molar-refractivity contribution in [1.29, 1.82) is 0 Å². The van der Waals surface area contributed by atoms with E-state index in [9.17, 15) is 15.0 Å². The molecule has 0 aromatic heterocycles. The van der Waals surface area contributed by atoms with Gasteiger partial charge in [0.1, 0.15) is 6.61 Å². The van der Waals surface area contributed by atoms with E-state index >= 15 is 0 Å². The second kappa shape index (κ2) is 11.3. The van der Waals surface area contributed by atoms with Gasteiger partial charge < -0.3 is 19.8 Å². The van der Waals surface area contributed by atoms with Crippen molar-refractivity contribution in [2.75, 3.05) is 26.3 Å². The number of aliphatic hydroxyl groups excluding tert-OH is 2. The van der Waals surface area contributed by atoms with E-state index in [0.29, 0.717) is 18.4 Å². The highest BCUT2D eigenvalue weighted by molar-refractivity contribution is 5.77. The first kappa shape index (κ1) is 22.5. The second-order valence-corrected chi connectivity index (χ2v) is 9.13. The number of amides is 1. The van der Waals surface area contributed by atoms with Crippen molar-refractivity contribution in [3.63, 3.8) is 0 Å². The van der Waals surface area contributed by atoms with Gasteiger partial charge in [-0.15, -0.1) is 0 Å². The van der Waals surface area contributed by atoms with Crippen LogP contribution in [0.4, 0.5) is 0 Å². The molecule has 3 aliphatic rings. The monoisotopic (exact) mass is 405 g/mol. The Labute approximate surface area is 175 Å². The number of nitrogens with zero attached hydrogens (tertiary/aromatic N) is 1. The molecule has 0 unspecified atom stereocenters. The van der Waals surface area contributed by atoms with E-state index in [2.05, 4.69) is 19.1 Å². The highest BCUT2D eigenvalue weighted by Crippen LogP contribution is 2.50. The molecule has 164 valence electrons. The molecule has 0 radical (unpaired) electrons. The fourth-order valence-electron chi connectivity index (χ4n) is 5.28. The Balaban J connectivity index is 1.42. The van der Waals surface area contributed by atoms with Crippen molar-refractivity contribution < 1.29 is 19.7 Å². The number of hydrogen-bond acceptors (Lipinski definition) is 4. The lowest BCUT2D eigenvalue weighted by Gasteiger charge is -2.18. The third-order valence-corrected chi connectivity index (χ3v) is 6.94. The fourth-order valence-corrected chi connectivity index (χ4v) is 5.28. The molecule has 5 nitrogen and oxygen atoms in total. The van der Waals surface area contributed by atoms with Gasteiger partial charge in [0.05, 0.1) is 18.8 Å². The van der Waals surface area contributed by atoms with Crippen LogP contribution in [0.1, 0.15) is 64.7 Å². The van der Waals surface area contributed by atoms with Crippen LogP contribution in [0, 0.1) is 17.8 Å². The molecule has 0 aromatic carbocycles. The summed E-state index contributed by atoms with van der Waals surface area (Å²) in [6.07, 6.45) is 14.7. The largest absolute Gasteiger partial charge is 0.392 e. The fraction of sp³-hybridized carbons (Fsp3) is 0.792. The first-order chi connectivity index (χ1) is 14.1. The minimum atomic E-state index is -0.397. The number of aliphatic hydroxyl groups is 2. The van der Waals surface area contributed by atoms with E-state index < -0.39 is 6.10 Å². The lowest BCUT2D eigenvalue weighted by Crippen LogP contribution is -2.31. The Kier molecular flexibility index (Phi) is 8.76. The topological polar surface area (TPSA) is 70.0 Å². The van der Waals surface area contributed by atoms with Gasteiger partial charge in [-0.1, -0.05) is 50.0 Å². The van der Waals surface area contributed by atoms with Gasteiger partial charge in [-0.2, -0.15) is 0 Å². The zero-order chi connectivity index (χ0) is 20.6. The lowest BCUT2D eigenvalue weighted by atomic mass is 9.90. The van der Waals surface area contributed by atoms with Gasteiger partial charge in [0.15, 0.2) is 0 Å². The highest BCUT2D eigenvalue weighted by Gasteiger charge is 2.44. The summed E-state index contributed by atoms with van der Waals surface area (Å²) < 4.78 is 5.60. The molecule has 29 heavy (non-hydrogen) atoms. The van der Waals surface area contributed by atoms with Crippen molar-refractivity contribution in [2.45, 2.75) is 76.9 Å². The predicted octanol–water partition coefficient (Wildman–Crippen LogP) is 3.46. The van der Waals surface area contributed by atoms with Crippen LogP contribution in [0.25, 0.3) is 0 Å². The van der Waals surface area contributed by atoms with Crippen molar-refractivity contribution in [2.24, 2.45) is 17.8 Å². The van der Waals surface area contributed by atoms with Crippen molar-refractivity contribution in [3.05, 3.63) is 23.8 Å². The number of carbonyl (C=O) groups excluding carboxylic acids is 1. The zero-order valence-electron chi connectivity index (χ0n) is 18.0. The normalized spacial score (nSPS) is 31.8. The molecular formula is C24H39NO4. The van der Waals surface area contributed by atoms with E-state index in [4.69, 9.17) is 4.74 Å². The maximum atomic E-state index is 12.0. The van der Waals surface area contributed by atoms with E-state index in [1.165, 1.54) is 5.57 Å². The number of unbranched alkanes of at least 4 members (excludes halogenated alkanes) is 2. The number of rotatable bonds is 10. The van der Waals surface area contributed by atoms with E-state index in [-0.39, 0.29) is 24.5 Å². The van der Waals surface area contributed by atoms with Crippen LogP contribution in [0.2, 0.25) is 0 Å². The molecule has 1 aliphatic heterocycles. The maximum Gasteiger partial charge on any atom is 0.248 e. The minimum absolute atomic E-state index is 0.106. The van der Waals surface area contributed by atoms with Crippen LogP contribution in [0.3, 0.4) is 0 Å². The van der Waals surface area contributed by atoms with E-state index in [1.807, 2.05) is 11.0 Å². The summed E-state index contributed by atoms with van der Waals surface area (Å²) in [5, 5.41) is 20.6. The smallest absolute Gasteiger partial charge is 0.248 e. The molecule has 2 aliphatic carbocycles. The molecule has 5 atom stereocenters. The minimum Gasteiger partial charge on any atom is -0.392 e. The number of allylic oxidation sites excluding steroid dienone is 1. The van der Waals surface area contributed by atoms with Gasteiger partial charge in [0.25, 0.3) is 0 Å². The van der Waals surface area contributed by atoms with Crippen LogP contribution in [-0.4, -0.2) is 59.5 Å². The molecule has 0 spiro atoms. The van der Waals surface area contributed by atoms with Crippen LogP contribution in [0.15, 0.2) is 23.8 Å². The van der Waals surface area contributed by atoms with Gasteiger partial charge >= 0.3 is 0 Å². The average Bonchev–Trinajstić information content (AvgIpc) is 3.41. The quantitative estimate of drug-likeness (QED) is 0.431. The zero-order valence-corrected chi connectivity index (χ0v) is 18.0. The Bertz CT molecular complexity index is 581. The molecule has 0 bridgehead atoms. The number of ether oxygens (including phenoxy) is 1. The van der Waals surface area contributed by atoms with Gasteiger partial charge in [-0.3, -0.25) is 4.79 Å². The average molecular weight is 406 g/mol. The summed E-state index contributed by atoms with van der Waals surface area (Å²) in [5.41, 5.74) is 1.39. The highest BCUT2D eigenvalue weighted by atomic mass is 16.5. The summed E-state index contributed by atoms with van der Waals surface area (Å²) in [5.74, 6) is 1.23. The van der Waals surface area contributed by atoms with Crippen LogP contribution >= 0.6 is 0 Å². The van der Waals surface area contributed by atoms with Crippen LogP contribution < -0.4 is 0 Å². The summed E-state index contributed by atoms with van der Waals surface area (Å²) in [7, 11) is 0. The molecule has 1 saturated heterocycles. The van der Waals surface area contributed by atoms with Crippen molar-refractivity contribution in [3.8, 4) is 0 Å². The SMILES string of the molecule is CCCCC[C@H](O)C=C[C@@H]1[C@H]2CC(=CCOCC(=O)N3CCCC3)C[C@H]2C[C@H]1O. The summed E-state index contributed by atoms with van der Waals surface area (Å²) in [6, 6.07) is 0. The van der Waals surface area contributed by atoms with Crippen LogP contribution in [-0.2, 0) is 9.53 Å². The molecule has 1 heterocycles. The number of hydrogen-bond donors (Lipinski definition) is 2. The van der Waals surface area contributed by atoms with Gasteiger partial charge in [0.2, 0.25) is 5.91 Å². The molecule has 5 heteroatoms. The standard InChI is InChI=1S/C24H39NO4/c1-2-3-4-7-20(26)8-9-21-22-15-18(14-19(22)16-23(21)27)10-13-29-17-24(28)25-11-5-6-12-25/h8-10,19-23,26-27H,2-7,11-17H2,1H3/t19-,20-,21+,22-,23+/m0/s1. The molecule has 3 rings (SSSR count). The first-order valence-electron chi connectivity index (χ1n) is 11.7. The first-order valence-corrected chi connectivity index (χ1v) is 11.7. The molecule has 2 saturated carbocycles. The Hall–Kier alpha value is -1.17. The van der Waals surface area contributed by atoms with Crippen LogP contribution in [0.5, 0.6) is 0 Å². The third kappa shape index (κ3) is 6.40. The number of carbonyl (C=O) groups is 1. The Morgan fingerprint density at radius 3 is 2.83 bits per heavy atom. The van der Waals surface area contributed by atoms with Gasteiger partial charge in [-0.05, 0) is 50.4 Å². The second-order valence-electron chi connectivity index (χ2n) is 9.13. The summed E-state index contributed by atoms with van der Waals surface area (Å²) in [6.45, 7) is 4.58. The van der Waals surface area contributed by atoms with Crippen molar-refractivity contribution >= 4 is 5.91 Å². The van der Waals surface area contributed by atoms with Gasteiger partial charge in [0, 0.05) is 19.0 Å². The van der Waals surface area contributed by atoms with E-state index in [0.717, 1.165) is 70.9 Å². The molecule has 1 amide bonds. The molecule has 0 aromatic rings. The molecular weight excluding hydrogens is 366 g/mol. The Morgan fingerprint density at radius 1 is 1.28 bits per heavy atom. The molecule has 2 N–H and O–H groups in total. The van der Waals surface area contributed by atoms with Gasteiger partial charge in [-0.25, -0.2) is 0 Å². The predicted molar refractivity (Wildman–Crippen MR) is 114 cm³/mol. The van der Waals surface area contributed by atoms with E-state index in [1.54, 1.807) is 0 Å². The third-order valence-electron chi connectivity index (χ3n) is 6.94. The lowest BCUT2D eigenvalue weighted by molar-refractivity contribution is -0.134. The summed E-state index contributed by atoms with van der Waals surface area (Å²) >= 11 is 0. The number of likely N-dealkylation sites (tertiary alicyclic amines) is 1.